The van der Waals surface area contributed by atoms with Crippen LogP contribution in [0.15, 0.2) is 47.4 Å². The molecule has 0 radical (unpaired) electrons. The number of carbonyl (C=O) groups excluding carboxylic acids is 1. The van der Waals surface area contributed by atoms with Crippen LogP contribution in [0, 0.1) is 20.8 Å². The van der Waals surface area contributed by atoms with Gasteiger partial charge in [-0.15, -0.1) is 5.10 Å². The largest absolute Gasteiger partial charge is 0.325 e. The van der Waals surface area contributed by atoms with E-state index in [9.17, 15) is 9.59 Å². The second-order valence-corrected chi connectivity index (χ2v) is 6.86. The van der Waals surface area contributed by atoms with Crippen molar-refractivity contribution in [3.63, 3.8) is 0 Å². The number of aryl methyl sites for hydroxylation is 3. The molecule has 29 heavy (non-hydrogen) atoms. The van der Waals surface area contributed by atoms with E-state index in [1.807, 2.05) is 38.1 Å². The number of benzene rings is 1. The lowest BCUT2D eigenvalue weighted by molar-refractivity contribution is -0.116. The number of nitrogens with zero attached hydrogens (tertiary/aromatic N) is 6. The molecule has 1 N–H and O–H groups in total. The Morgan fingerprint density at radius 1 is 1.10 bits per heavy atom. The number of nitrogens with one attached hydrogen (secondary N) is 1. The summed E-state index contributed by atoms with van der Waals surface area (Å²) in [6.45, 7) is 5.54. The number of anilines is 1. The van der Waals surface area contributed by atoms with Gasteiger partial charge in [0.2, 0.25) is 11.7 Å². The highest BCUT2D eigenvalue weighted by molar-refractivity contribution is 5.90. The van der Waals surface area contributed by atoms with Gasteiger partial charge in [-0.1, -0.05) is 17.7 Å². The van der Waals surface area contributed by atoms with Gasteiger partial charge >= 0.3 is 0 Å². The minimum atomic E-state index is -0.315. The van der Waals surface area contributed by atoms with Gasteiger partial charge in [-0.3, -0.25) is 9.59 Å². The zero-order valence-electron chi connectivity index (χ0n) is 16.2. The van der Waals surface area contributed by atoms with Crippen molar-refractivity contribution in [2.75, 3.05) is 5.32 Å². The molecule has 0 spiro atoms. The summed E-state index contributed by atoms with van der Waals surface area (Å²) in [6, 6.07) is 10.8. The topological polar surface area (TPSA) is 107 Å². The van der Waals surface area contributed by atoms with Crippen LogP contribution in [0.25, 0.3) is 17.2 Å². The highest BCUT2D eigenvalue weighted by atomic mass is 16.2. The van der Waals surface area contributed by atoms with Gasteiger partial charge in [-0.05, 0) is 39.0 Å². The van der Waals surface area contributed by atoms with Crippen LogP contribution in [-0.4, -0.2) is 35.3 Å². The van der Waals surface area contributed by atoms with Gasteiger partial charge in [0.25, 0.3) is 5.56 Å². The van der Waals surface area contributed by atoms with Crippen LogP contribution in [0.5, 0.6) is 0 Å². The molecule has 0 bridgehead atoms. The Labute approximate surface area is 166 Å². The predicted molar refractivity (Wildman–Crippen MR) is 108 cm³/mol. The second kappa shape index (κ2) is 7.27. The minimum Gasteiger partial charge on any atom is -0.325 e. The Morgan fingerprint density at radius 3 is 2.59 bits per heavy atom. The monoisotopic (exact) mass is 389 g/mol. The molecular weight excluding hydrogens is 370 g/mol. The number of carbonyl (C=O) groups is 1. The molecule has 0 aliphatic carbocycles. The fraction of sp³-hybridized carbons (Fsp3) is 0.200. The Hall–Kier alpha value is -3.88. The number of rotatable bonds is 4. The lowest BCUT2D eigenvalue weighted by Crippen LogP contribution is -2.25. The van der Waals surface area contributed by atoms with Crippen LogP contribution in [0.3, 0.4) is 0 Å². The first-order valence-corrected chi connectivity index (χ1v) is 9.04. The molecule has 0 saturated heterocycles. The summed E-state index contributed by atoms with van der Waals surface area (Å²) in [4.78, 5) is 29.5. The quantitative estimate of drug-likeness (QED) is 0.571. The van der Waals surface area contributed by atoms with Gasteiger partial charge in [-0.25, -0.2) is 0 Å². The van der Waals surface area contributed by atoms with E-state index in [0.29, 0.717) is 34.2 Å². The number of aromatic nitrogens is 6. The summed E-state index contributed by atoms with van der Waals surface area (Å²) < 4.78 is 2.85. The van der Waals surface area contributed by atoms with E-state index in [4.69, 9.17) is 0 Å². The van der Waals surface area contributed by atoms with Crippen molar-refractivity contribution < 1.29 is 4.79 Å². The average Bonchev–Trinajstić information content (AvgIpc) is 3.13. The Morgan fingerprint density at radius 2 is 1.86 bits per heavy atom. The zero-order chi connectivity index (χ0) is 20.5. The number of hydrogen-bond acceptors (Lipinski definition) is 6. The first kappa shape index (κ1) is 18.5. The zero-order valence-corrected chi connectivity index (χ0v) is 16.2. The van der Waals surface area contributed by atoms with Crippen LogP contribution < -0.4 is 10.9 Å². The van der Waals surface area contributed by atoms with Crippen molar-refractivity contribution in [2.24, 2.45) is 0 Å². The molecular formula is C20H19N7O2. The van der Waals surface area contributed by atoms with E-state index in [1.54, 1.807) is 17.6 Å². The van der Waals surface area contributed by atoms with E-state index < -0.39 is 0 Å². The van der Waals surface area contributed by atoms with Crippen LogP contribution in [0.4, 0.5) is 5.69 Å². The third-order valence-corrected chi connectivity index (χ3v) is 4.47. The fourth-order valence-corrected chi connectivity index (χ4v) is 3.00. The molecule has 9 nitrogen and oxygen atoms in total. The van der Waals surface area contributed by atoms with Crippen molar-refractivity contribution in [3.8, 4) is 11.4 Å². The van der Waals surface area contributed by atoms with Gasteiger partial charge < -0.3 is 9.88 Å². The van der Waals surface area contributed by atoms with Gasteiger partial charge in [-0.2, -0.15) is 19.7 Å². The van der Waals surface area contributed by atoms with Crippen LogP contribution in [0.2, 0.25) is 0 Å². The molecule has 0 aliphatic heterocycles. The highest BCUT2D eigenvalue weighted by Crippen LogP contribution is 2.16. The van der Waals surface area contributed by atoms with Gasteiger partial charge in [0, 0.05) is 23.0 Å². The van der Waals surface area contributed by atoms with Crippen molar-refractivity contribution >= 4 is 17.4 Å². The first-order valence-electron chi connectivity index (χ1n) is 9.04. The van der Waals surface area contributed by atoms with Crippen molar-refractivity contribution in [2.45, 2.75) is 27.3 Å². The maximum absolute atomic E-state index is 12.6. The lowest BCUT2D eigenvalue weighted by Gasteiger charge is -2.11. The third-order valence-electron chi connectivity index (χ3n) is 4.47. The molecule has 4 rings (SSSR count). The summed E-state index contributed by atoms with van der Waals surface area (Å²) in [7, 11) is 0. The predicted octanol–water partition coefficient (Wildman–Crippen LogP) is 1.91. The maximum atomic E-state index is 12.6. The van der Waals surface area contributed by atoms with Crippen LogP contribution >= 0.6 is 0 Å². The Bertz CT molecular complexity index is 1270. The molecule has 3 heterocycles. The fourth-order valence-electron chi connectivity index (χ4n) is 3.00. The normalized spacial score (nSPS) is 11.0. The minimum absolute atomic E-state index is 0.00472. The molecule has 1 aromatic carbocycles. The molecule has 0 saturated carbocycles. The number of hydrogen-bond donors (Lipinski definition) is 1. The summed E-state index contributed by atoms with van der Waals surface area (Å²) in [5.74, 6) is 0.408. The molecule has 0 aliphatic rings. The molecule has 1 amide bonds. The third kappa shape index (κ3) is 3.75. The summed E-state index contributed by atoms with van der Waals surface area (Å²) in [5.41, 5.74) is 3.47. The average molecular weight is 389 g/mol. The van der Waals surface area contributed by atoms with E-state index >= 15 is 0 Å². The van der Waals surface area contributed by atoms with E-state index in [2.05, 4.69) is 25.6 Å². The highest BCUT2D eigenvalue weighted by Gasteiger charge is 2.16. The van der Waals surface area contributed by atoms with Gasteiger partial charge in [0.15, 0.2) is 5.82 Å². The number of fused-ring (bicyclic) bond motifs is 1. The van der Waals surface area contributed by atoms with Crippen molar-refractivity contribution in [1.82, 2.24) is 29.4 Å². The Balaban J connectivity index is 1.71. The molecule has 9 heteroatoms. The standard InChI is InChI=1S/C20H19N7O2/c1-12-4-6-16(7-5-12)22-17(28)11-26-14(3)9-18(29)27-20(26)23-19(25-27)15-8-13(2)24-21-10-15/h4-10H,11H2,1-3H3,(H,22,28). The van der Waals surface area contributed by atoms with Crippen molar-refractivity contribution in [3.05, 3.63) is 69.9 Å². The van der Waals surface area contributed by atoms with Crippen LogP contribution in [0.1, 0.15) is 17.0 Å². The molecule has 3 aromatic heterocycles. The summed E-state index contributed by atoms with van der Waals surface area (Å²) in [6.07, 6.45) is 1.54. The molecule has 0 unspecified atom stereocenters. The molecule has 146 valence electrons. The summed E-state index contributed by atoms with van der Waals surface area (Å²) >= 11 is 0. The molecule has 4 aromatic rings. The first-order chi connectivity index (χ1) is 13.9. The lowest BCUT2D eigenvalue weighted by atomic mass is 10.2. The van der Waals surface area contributed by atoms with Crippen LogP contribution in [-0.2, 0) is 11.3 Å². The maximum Gasteiger partial charge on any atom is 0.275 e. The van der Waals surface area contributed by atoms with Gasteiger partial charge in [0.05, 0.1) is 11.9 Å². The molecule has 0 atom stereocenters. The second-order valence-electron chi connectivity index (χ2n) is 6.86. The molecule has 0 fully saturated rings. The number of amides is 1. The van der Waals surface area contributed by atoms with E-state index in [0.717, 1.165) is 5.56 Å². The van der Waals surface area contributed by atoms with Crippen molar-refractivity contribution in [1.29, 1.82) is 0 Å². The summed E-state index contributed by atoms with van der Waals surface area (Å²) in [5, 5.41) is 15.0. The smallest absolute Gasteiger partial charge is 0.275 e. The van der Waals surface area contributed by atoms with Gasteiger partial charge in [0.1, 0.15) is 6.54 Å². The van der Waals surface area contributed by atoms with E-state index in [-0.39, 0.29) is 18.0 Å². The SMILES string of the molecule is Cc1ccc(NC(=O)Cn2c(C)cc(=O)n3nc(-c4cnnc(C)c4)nc23)cc1. The Kier molecular flexibility index (Phi) is 4.63. The van der Waals surface area contributed by atoms with E-state index in [1.165, 1.54) is 16.8 Å².